The fraction of sp³-hybridized carbons (Fsp3) is 0.529. The third-order valence-electron chi connectivity index (χ3n) is 4.49. The van der Waals surface area contributed by atoms with Crippen LogP contribution in [-0.4, -0.2) is 42.5 Å². The van der Waals surface area contributed by atoms with Crippen molar-refractivity contribution in [2.45, 2.75) is 32.4 Å². The Morgan fingerprint density at radius 1 is 1.39 bits per heavy atom. The molecule has 0 spiro atoms. The predicted molar refractivity (Wildman–Crippen MR) is 87.1 cm³/mol. The van der Waals surface area contributed by atoms with E-state index in [1.165, 1.54) is 0 Å². The first-order valence-corrected chi connectivity index (χ1v) is 8.19. The van der Waals surface area contributed by atoms with Crippen LogP contribution in [0.25, 0.3) is 0 Å². The lowest BCUT2D eigenvalue weighted by molar-refractivity contribution is -0.154. The molecule has 2 atom stereocenters. The number of hydrogen-bond acceptors (Lipinski definition) is 3. The second kappa shape index (κ2) is 6.13. The molecule has 1 aromatic carbocycles. The van der Waals surface area contributed by atoms with E-state index in [0.29, 0.717) is 17.1 Å². The number of ether oxygens (including phenoxy) is 1. The summed E-state index contributed by atoms with van der Waals surface area (Å²) >= 11 is 6.25. The number of rotatable bonds is 2. The van der Waals surface area contributed by atoms with Crippen molar-refractivity contribution in [2.75, 3.05) is 19.7 Å². The molecular formula is C17H21ClN2O3. The molecule has 0 bridgehead atoms. The molecule has 2 aliphatic rings. The Morgan fingerprint density at radius 3 is 2.78 bits per heavy atom. The smallest absolute Gasteiger partial charge is 0.254 e. The number of carbonyl (C=O) groups excluding carboxylic acids is 2. The number of carbonyl (C=O) groups is 2. The Bertz CT molecular complexity index is 632. The molecule has 124 valence electrons. The van der Waals surface area contributed by atoms with E-state index in [1.807, 2.05) is 23.1 Å². The average Bonchev–Trinajstić information content (AvgIpc) is 2.87. The van der Waals surface area contributed by atoms with E-state index in [0.717, 1.165) is 13.0 Å². The highest BCUT2D eigenvalue weighted by Crippen LogP contribution is 2.33. The van der Waals surface area contributed by atoms with Crippen molar-refractivity contribution >= 4 is 23.4 Å². The third kappa shape index (κ3) is 3.35. The number of halogens is 1. The SMILES string of the molecule is CC1(C)CCN(C(=O)[C@H]2OCC(=O)N[C@@H]2c2ccccc2Cl)C1. The van der Waals surface area contributed by atoms with Gasteiger partial charge in [0.1, 0.15) is 6.61 Å². The summed E-state index contributed by atoms with van der Waals surface area (Å²) in [5.41, 5.74) is 0.826. The van der Waals surface area contributed by atoms with Crippen molar-refractivity contribution in [3.05, 3.63) is 34.9 Å². The van der Waals surface area contributed by atoms with Gasteiger partial charge in [-0.2, -0.15) is 0 Å². The predicted octanol–water partition coefficient (Wildman–Crippen LogP) is 2.15. The maximum atomic E-state index is 12.9. The van der Waals surface area contributed by atoms with Crippen molar-refractivity contribution < 1.29 is 14.3 Å². The van der Waals surface area contributed by atoms with Gasteiger partial charge in [0.2, 0.25) is 5.91 Å². The zero-order valence-electron chi connectivity index (χ0n) is 13.3. The minimum atomic E-state index is -0.735. The lowest BCUT2D eigenvalue weighted by Gasteiger charge is -2.34. The molecule has 0 aromatic heterocycles. The van der Waals surface area contributed by atoms with Crippen molar-refractivity contribution in [1.29, 1.82) is 0 Å². The lowest BCUT2D eigenvalue weighted by Crippen LogP contribution is -2.53. The highest BCUT2D eigenvalue weighted by atomic mass is 35.5. The Labute approximate surface area is 140 Å². The standard InChI is InChI=1S/C17H21ClN2O3/c1-17(2)7-8-20(10-17)16(22)15-14(19-13(21)9-23-15)11-5-3-4-6-12(11)18/h3-6,14-15H,7-10H2,1-2H3,(H,19,21)/t14-,15+/m1/s1. The molecule has 5 nitrogen and oxygen atoms in total. The molecule has 2 amide bonds. The zero-order valence-corrected chi connectivity index (χ0v) is 14.1. The summed E-state index contributed by atoms with van der Waals surface area (Å²) < 4.78 is 5.59. The average molecular weight is 337 g/mol. The Morgan fingerprint density at radius 2 is 2.13 bits per heavy atom. The highest BCUT2D eigenvalue weighted by molar-refractivity contribution is 6.31. The summed E-state index contributed by atoms with van der Waals surface area (Å²) in [5.74, 6) is -0.318. The molecule has 2 fully saturated rings. The summed E-state index contributed by atoms with van der Waals surface area (Å²) in [5, 5.41) is 3.37. The molecule has 0 aliphatic carbocycles. The van der Waals surface area contributed by atoms with E-state index in [9.17, 15) is 9.59 Å². The van der Waals surface area contributed by atoms with Crippen LogP contribution in [0.1, 0.15) is 31.9 Å². The van der Waals surface area contributed by atoms with E-state index in [-0.39, 0.29) is 23.8 Å². The Hall–Kier alpha value is -1.59. The van der Waals surface area contributed by atoms with Crippen LogP contribution in [0.2, 0.25) is 5.02 Å². The van der Waals surface area contributed by atoms with Gasteiger partial charge >= 0.3 is 0 Å². The van der Waals surface area contributed by atoms with Crippen molar-refractivity contribution in [1.82, 2.24) is 10.2 Å². The zero-order chi connectivity index (χ0) is 16.6. The lowest BCUT2D eigenvalue weighted by atomic mass is 9.93. The van der Waals surface area contributed by atoms with E-state index in [4.69, 9.17) is 16.3 Å². The molecule has 3 rings (SSSR count). The molecule has 23 heavy (non-hydrogen) atoms. The molecule has 1 aromatic rings. The van der Waals surface area contributed by atoms with E-state index >= 15 is 0 Å². The quantitative estimate of drug-likeness (QED) is 0.900. The molecular weight excluding hydrogens is 316 g/mol. The number of morpholine rings is 1. The summed E-state index contributed by atoms with van der Waals surface area (Å²) in [7, 11) is 0. The molecule has 6 heteroatoms. The van der Waals surface area contributed by atoms with Crippen molar-refractivity contribution in [2.24, 2.45) is 5.41 Å². The van der Waals surface area contributed by atoms with Gasteiger partial charge in [0.15, 0.2) is 6.10 Å². The number of nitrogens with one attached hydrogen (secondary N) is 1. The minimum Gasteiger partial charge on any atom is -0.356 e. The number of nitrogens with zero attached hydrogens (tertiary/aromatic N) is 1. The van der Waals surface area contributed by atoms with Gasteiger partial charge in [-0.05, 0) is 23.5 Å². The van der Waals surface area contributed by atoms with E-state index in [1.54, 1.807) is 6.07 Å². The fourth-order valence-electron chi connectivity index (χ4n) is 3.21. The number of amides is 2. The largest absolute Gasteiger partial charge is 0.356 e. The van der Waals surface area contributed by atoms with Crippen LogP contribution >= 0.6 is 11.6 Å². The van der Waals surface area contributed by atoms with Crippen molar-refractivity contribution in [3.63, 3.8) is 0 Å². The maximum Gasteiger partial charge on any atom is 0.254 e. The molecule has 0 saturated carbocycles. The van der Waals surface area contributed by atoms with Gasteiger partial charge in [-0.3, -0.25) is 9.59 Å². The Kier molecular flexibility index (Phi) is 4.34. The van der Waals surface area contributed by atoms with Gasteiger partial charge in [-0.25, -0.2) is 0 Å². The van der Waals surface area contributed by atoms with E-state index in [2.05, 4.69) is 19.2 Å². The molecule has 2 aliphatic heterocycles. The summed E-state index contributed by atoms with van der Waals surface area (Å²) in [6, 6.07) is 6.66. The van der Waals surface area contributed by atoms with Gasteiger partial charge in [0, 0.05) is 18.1 Å². The third-order valence-corrected chi connectivity index (χ3v) is 4.83. The van der Waals surface area contributed by atoms with Gasteiger partial charge in [0.05, 0.1) is 6.04 Å². The second-order valence-electron chi connectivity index (χ2n) is 6.97. The second-order valence-corrected chi connectivity index (χ2v) is 7.38. The summed E-state index contributed by atoms with van der Waals surface area (Å²) in [6.45, 7) is 5.61. The summed E-state index contributed by atoms with van der Waals surface area (Å²) in [6.07, 6.45) is 0.232. The maximum absolute atomic E-state index is 12.9. The topological polar surface area (TPSA) is 58.6 Å². The fourth-order valence-corrected chi connectivity index (χ4v) is 3.47. The van der Waals surface area contributed by atoms with Crippen LogP contribution in [0.5, 0.6) is 0 Å². The first kappa shape index (κ1) is 16.3. The first-order chi connectivity index (χ1) is 10.9. The normalized spacial score (nSPS) is 26.9. The van der Waals surface area contributed by atoms with Gasteiger partial charge in [-0.1, -0.05) is 43.6 Å². The van der Waals surface area contributed by atoms with Crippen LogP contribution < -0.4 is 5.32 Å². The highest BCUT2D eigenvalue weighted by Gasteiger charge is 2.42. The van der Waals surface area contributed by atoms with Crippen LogP contribution in [0, 0.1) is 5.41 Å². The molecule has 2 saturated heterocycles. The monoisotopic (exact) mass is 336 g/mol. The van der Waals surface area contributed by atoms with Gasteiger partial charge in [-0.15, -0.1) is 0 Å². The number of likely N-dealkylation sites (tertiary alicyclic amines) is 1. The molecule has 0 unspecified atom stereocenters. The molecule has 0 radical (unpaired) electrons. The van der Waals surface area contributed by atoms with E-state index < -0.39 is 12.1 Å². The summed E-state index contributed by atoms with van der Waals surface area (Å²) in [4.78, 5) is 26.5. The molecule has 1 N–H and O–H groups in total. The Balaban J connectivity index is 1.85. The number of hydrogen-bond donors (Lipinski definition) is 1. The molecule has 2 heterocycles. The first-order valence-electron chi connectivity index (χ1n) is 7.82. The number of benzene rings is 1. The van der Waals surface area contributed by atoms with Gasteiger partial charge in [0.25, 0.3) is 5.91 Å². The van der Waals surface area contributed by atoms with Crippen molar-refractivity contribution in [3.8, 4) is 0 Å². The minimum absolute atomic E-state index is 0.0829. The van der Waals surface area contributed by atoms with Crippen LogP contribution in [0.3, 0.4) is 0 Å². The van der Waals surface area contributed by atoms with Gasteiger partial charge < -0.3 is 15.0 Å². The van der Waals surface area contributed by atoms with Crippen LogP contribution in [0.15, 0.2) is 24.3 Å². The van der Waals surface area contributed by atoms with Crippen LogP contribution in [-0.2, 0) is 14.3 Å². The van der Waals surface area contributed by atoms with Crippen LogP contribution in [0.4, 0.5) is 0 Å².